The lowest BCUT2D eigenvalue weighted by atomic mass is 10.2. The molecule has 6 heteroatoms. The Kier molecular flexibility index (Phi) is 6.19. The van der Waals surface area contributed by atoms with Crippen molar-refractivity contribution in [3.63, 3.8) is 0 Å². The molecular formula is C19H17FN2OS2. The van der Waals surface area contributed by atoms with Crippen molar-refractivity contribution in [3.8, 4) is 10.6 Å². The molecule has 0 aliphatic rings. The van der Waals surface area contributed by atoms with Gasteiger partial charge in [0, 0.05) is 29.0 Å². The number of halogens is 1. The minimum Gasteiger partial charge on any atom is -0.350 e. The van der Waals surface area contributed by atoms with Crippen LogP contribution in [0, 0.1) is 5.82 Å². The summed E-state index contributed by atoms with van der Waals surface area (Å²) in [4.78, 5) is 16.5. The second kappa shape index (κ2) is 8.78. The molecule has 0 unspecified atom stereocenters. The number of rotatable bonds is 7. The molecule has 1 N–H and O–H groups in total. The molecule has 2 aromatic carbocycles. The normalized spacial score (nSPS) is 10.6. The standard InChI is InChI=1S/C19H17FN2OS2/c20-16-8-6-15(7-9-16)19-22-17(13-25-19)18(23)21-10-11-24-12-14-4-2-1-3-5-14/h1-9,13H,10-12H2,(H,21,23). The van der Waals surface area contributed by atoms with Crippen LogP contribution in [0.25, 0.3) is 10.6 Å². The second-order valence-electron chi connectivity index (χ2n) is 5.34. The molecule has 0 spiro atoms. The average molecular weight is 372 g/mol. The molecule has 0 fully saturated rings. The lowest BCUT2D eigenvalue weighted by Gasteiger charge is -2.04. The second-order valence-corrected chi connectivity index (χ2v) is 7.30. The summed E-state index contributed by atoms with van der Waals surface area (Å²) in [6.07, 6.45) is 0. The zero-order chi connectivity index (χ0) is 17.5. The third-order valence-electron chi connectivity index (χ3n) is 3.47. The van der Waals surface area contributed by atoms with Crippen molar-refractivity contribution in [2.45, 2.75) is 5.75 Å². The molecule has 0 aliphatic heterocycles. The fourth-order valence-electron chi connectivity index (χ4n) is 2.19. The summed E-state index contributed by atoms with van der Waals surface area (Å²) in [7, 11) is 0. The quantitative estimate of drug-likeness (QED) is 0.616. The van der Waals surface area contributed by atoms with Gasteiger partial charge in [0.15, 0.2) is 0 Å². The van der Waals surface area contributed by atoms with Crippen LogP contribution in [-0.2, 0) is 5.75 Å². The van der Waals surface area contributed by atoms with Gasteiger partial charge in [-0.2, -0.15) is 11.8 Å². The summed E-state index contributed by atoms with van der Waals surface area (Å²) in [6, 6.07) is 16.3. The molecule has 25 heavy (non-hydrogen) atoms. The summed E-state index contributed by atoms with van der Waals surface area (Å²) >= 11 is 3.16. The Bertz CT molecular complexity index is 819. The van der Waals surface area contributed by atoms with Gasteiger partial charge in [-0.05, 0) is 29.8 Å². The van der Waals surface area contributed by atoms with Crippen LogP contribution in [0.4, 0.5) is 4.39 Å². The van der Waals surface area contributed by atoms with Gasteiger partial charge in [-0.25, -0.2) is 9.37 Å². The first-order valence-corrected chi connectivity index (χ1v) is 9.87. The van der Waals surface area contributed by atoms with Gasteiger partial charge in [0.05, 0.1) is 0 Å². The number of nitrogens with one attached hydrogen (secondary N) is 1. The molecule has 3 rings (SSSR count). The summed E-state index contributed by atoms with van der Waals surface area (Å²) in [5.41, 5.74) is 2.49. The Hall–Kier alpha value is -2.18. The van der Waals surface area contributed by atoms with Crippen LogP contribution < -0.4 is 5.32 Å². The predicted octanol–water partition coefficient (Wildman–Crippen LogP) is 4.61. The van der Waals surface area contributed by atoms with E-state index in [1.54, 1.807) is 29.3 Å². The van der Waals surface area contributed by atoms with Crippen molar-refractivity contribution in [3.05, 3.63) is 77.1 Å². The van der Waals surface area contributed by atoms with Gasteiger partial charge in [0.25, 0.3) is 5.91 Å². The average Bonchev–Trinajstić information content (AvgIpc) is 3.13. The Morgan fingerprint density at radius 2 is 1.88 bits per heavy atom. The van der Waals surface area contributed by atoms with E-state index >= 15 is 0 Å². The van der Waals surface area contributed by atoms with Crippen molar-refractivity contribution in [1.29, 1.82) is 0 Å². The highest BCUT2D eigenvalue weighted by molar-refractivity contribution is 7.98. The molecule has 0 aliphatic carbocycles. The van der Waals surface area contributed by atoms with E-state index in [4.69, 9.17) is 0 Å². The van der Waals surface area contributed by atoms with Gasteiger partial charge in [0.1, 0.15) is 16.5 Å². The minimum atomic E-state index is -0.286. The largest absolute Gasteiger partial charge is 0.350 e. The molecule has 0 bridgehead atoms. The molecule has 0 saturated carbocycles. The van der Waals surface area contributed by atoms with E-state index in [1.165, 1.54) is 29.0 Å². The topological polar surface area (TPSA) is 42.0 Å². The van der Waals surface area contributed by atoms with E-state index in [0.717, 1.165) is 17.1 Å². The van der Waals surface area contributed by atoms with Crippen molar-refractivity contribution in [2.24, 2.45) is 0 Å². The SMILES string of the molecule is O=C(NCCSCc1ccccc1)c1csc(-c2ccc(F)cc2)n1. The maximum absolute atomic E-state index is 13.0. The predicted molar refractivity (Wildman–Crippen MR) is 102 cm³/mol. The third kappa shape index (κ3) is 5.14. The van der Waals surface area contributed by atoms with Crippen LogP contribution in [0.3, 0.4) is 0 Å². The number of carbonyl (C=O) groups is 1. The van der Waals surface area contributed by atoms with Crippen molar-refractivity contribution in [2.75, 3.05) is 12.3 Å². The number of benzene rings is 2. The van der Waals surface area contributed by atoms with Crippen LogP contribution in [0.2, 0.25) is 0 Å². The number of thiazole rings is 1. The zero-order valence-electron chi connectivity index (χ0n) is 13.4. The van der Waals surface area contributed by atoms with Gasteiger partial charge >= 0.3 is 0 Å². The highest BCUT2D eigenvalue weighted by Crippen LogP contribution is 2.23. The van der Waals surface area contributed by atoms with Crippen LogP contribution in [0.1, 0.15) is 16.1 Å². The summed E-state index contributed by atoms with van der Waals surface area (Å²) < 4.78 is 13.0. The highest BCUT2D eigenvalue weighted by Gasteiger charge is 2.11. The Morgan fingerprint density at radius 1 is 1.12 bits per heavy atom. The maximum Gasteiger partial charge on any atom is 0.270 e. The summed E-state index contributed by atoms with van der Waals surface area (Å²) in [5, 5.41) is 5.32. The fraction of sp³-hybridized carbons (Fsp3) is 0.158. The third-order valence-corrected chi connectivity index (χ3v) is 5.39. The van der Waals surface area contributed by atoms with Crippen molar-refractivity contribution >= 4 is 29.0 Å². The van der Waals surface area contributed by atoms with Gasteiger partial charge in [-0.15, -0.1) is 11.3 Å². The molecule has 0 radical (unpaired) electrons. The molecule has 1 amide bonds. The molecule has 1 aromatic heterocycles. The number of thioether (sulfide) groups is 1. The van der Waals surface area contributed by atoms with E-state index in [-0.39, 0.29) is 11.7 Å². The molecule has 128 valence electrons. The number of aromatic nitrogens is 1. The van der Waals surface area contributed by atoms with Gasteiger partial charge in [-0.1, -0.05) is 30.3 Å². The smallest absolute Gasteiger partial charge is 0.270 e. The van der Waals surface area contributed by atoms with E-state index in [0.29, 0.717) is 17.2 Å². The first-order chi connectivity index (χ1) is 12.2. The van der Waals surface area contributed by atoms with E-state index < -0.39 is 0 Å². The van der Waals surface area contributed by atoms with Crippen LogP contribution in [0.5, 0.6) is 0 Å². The van der Waals surface area contributed by atoms with Crippen LogP contribution >= 0.6 is 23.1 Å². The number of hydrogen-bond donors (Lipinski definition) is 1. The van der Waals surface area contributed by atoms with E-state index in [2.05, 4.69) is 22.4 Å². The molecule has 1 heterocycles. The lowest BCUT2D eigenvalue weighted by molar-refractivity contribution is 0.0952. The van der Waals surface area contributed by atoms with Gasteiger partial charge < -0.3 is 5.32 Å². The highest BCUT2D eigenvalue weighted by atomic mass is 32.2. The first-order valence-electron chi connectivity index (χ1n) is 7.84. The monoisotopic (exact) mass is 372 g/mol. The van der Waals surface area contributed by atoms with Crippen LogP contribution in [0.15, 0.2) is 60.0 Å². The molecular weight excluding hydrogens is 355 g/mol. The summed E-state index contributed by atoms with van der Waals surface area (Å²) in [5.74, 6) is 1.31. The fourth-order valence-corrected chi connectivity index (χ4v) is 3.82. The van der Waals surface area contributed by atoms with Gasteiger partial charge in [-0.3, -0.25) is 4.79 Å². The molecule has 0 saturated heterocycles. The van der Waals surface area contributed by atoms with Crippen LogP contribution in [-0.4, -0.2) is 23.2 Å². The summed E-state index contributed by atoms with van der Waals surface area (Å²) in [6.45, 7) is 0.597. The molecule has 3 nitrogen and oxygen atoms in total. The number of nitrogens with zero attached hydrogens (tertiary/aromatic N) is 1. The Balaban J connectivity index is 1.45. The van der Waals surface area contributed by atoms with E-state index in [1.807, 2.05) is 18.2 Å². The Labute approximate surface area is 154 Å². The number of amides is 1. The Morgan fingerprint density at radius 3 is 2.64 bits per heavy atom. The number of hydrogen-bond acceptors (Lipinski definition) is 4. The van der Waals surface area contributed by atoms with Crippen molar-refractivity contribution < 1.29 is 9.18 Å². The number of carbonyl (C=O) groups excluding carboxylic acids is 1. The van der Waals surface area contributed by atoms with Gasteiger partial charge in [0.2, 0.25) is 0 Å². The molecule has 3 aromatic rings. The van der Waals surface area contributed by atoms with Crippen molar-refractivity contribution in [1.82, 2.24) is 10.3 Å². The first kappa shape index (κ1) is 17.6. The maximum atomic E-state index is 13.0. The van der Waals surface area contributed by atoms with E-state index in [9.17, 15) is 9.18 Å². The molecule has 0 atom stereocenters. The zero-order valence-corrected chi connectivity index (χ0v) is 15.1. The minimum absolute atomic E-state index is 0.176. The lowest BCUT2D eigenvalue weighted by Crippen LogP contribution is -2.26.